The SMILES string of the molecule is COC(=O)[C@H](C)NC(=O)NC[C@H](NC(=O)OCc1ccccc1)C(=O)O. The smallest absolute Gasteiger partial charge is 0.408 e. The zero-order valence-electron chi connectivity index (χ0n) is 14.4. The molecule has 4 N–H and O–H groups in total. The van der Waals surface area contributed by atoms with E-state index in [1.54, 1.807) is 24.3 Å². The van der Waals surface area contributed by atoms with Crippen LogP contribution in [-0.4, -0.2) is 54.9 Å². The van der Waals surface area contributed by atoms with Gasteiger partial charge in [-0.2, -0.15) is 0 Å². The van der Waals surface area contributed by atoms with Crippen molar-refractivity contribution in [3.05, 3.63) is 35.9 Å². The van der Waals surface area contributed by atoms with E-state index in [0.29, 0.717) is 0 Å². The molecule has 0 aromatic heterocycles. The van der Waals surface area contributed by atoms with E-state index in [-0.39, 0.29) is 6.61 Å². The van der Waals surface area contributed by atoms with Crippen molar-refractivity contribution >= 4 is 24.1 Å². The number of ether oxygens (including phenoxy) is 2. The zero-order valence-corrected chi connectivity index (χ0v) is 14.4. The summed E-state index contributed by atoms with van der Waals surface area (Å²) in [5, 5.41) is 15.8. The Balaban J connectivity index is 2.43. The Labute approximate surface area is 149 Å². The maximum atomic E-state index is 11.7. The second kappa shape index (κ2) is 10.5. The van der Waals surface area contributed by atoms with Crippen LogP contribution in [-0.2, 0) is 25.7 Å². The Hall–Kier alpha value is -3.30. The van der Waals surface area contributed by atoms with Crippen LogP contribution in [0.15, 0.2) is 30.3 Å². The van der Waals surface area contributed by atoms with Crippen LogP contribution in [0.2, 0.25) is 0 Å². The predicted molar refractivity (Wildman–Crippen MR) is 89.2 cm³/mol. The number of esters is 1. The number of hydrogen-bond donors (Lipinski definition) is 4. The first kappa shape index (κ1) is 20.7. The molecule has 0 radical (unpaired) electrons. The zero-order chi connectivity index (χ0) is 19.5. The van der Waals surface area contributed by atoms with Crippen LogP contribution in [0.25, 0.3) is 0 Å². The second-order valence-electron chi connectivity index (χ2n) is 5.20. The Morgan fingerprint density at radius 1 is 1.12 bits per heavy atom. The van der Waals surface area contributed by atoms with Gasteiger partial charge < -0.3 is 30.5 Å². The lowest BCUT2D eigenvalue weighted by molar-refractivity contribution is -0.142. The molecule has 3 amide bonds. The van der Waals surface area contributed by atoms with Crippen LogP contribution in [0.5, 0.6) is 0 Å². The van der Waals surface area contributed by atoms with E-state index in [1.165, 1.54) is 14.0 Å². The summed E-state index contributed by atoms with van der Waals surface area (Å²) in [5.74, 6) is -2.01. The highest BCUT2D eigenvalue weighted by Crippen LogP contribution is 2.00. The van der Waals surface area contributed by atoms with Crippen molar-refractivity contribution in [3.63, 3.8) is 0 Å². The number of hydrogen-bond acceptors (Lipinski definition) is 6. The molecule has 0 unspecified atom stereocenters. The van der Waals surface area contributed by atoms with Crippen molar-refractivity contribution in [1.29, 1.82) is 0 Å². The number of methoxy groups -OCH3 is 1. The third-order valence-electron chi connectivity index (χ3n) is 3.17. The van der Waals surface area contributed by atoms with E-state index in [0.717, 1.165) is 5.56 Å². The molecule has 0 aliphatic rings. The molecule has 0 spiro atoms. The summed E-state index contributed by atoms with van der Waals surface area (Å²) in [6.07, 6.45) is -0.939. The molecule has 0 aliphatic carbocycles. The summed E-state index contributed by atoms with van der Waals surface area (Å²) >= 11 is 0. The molecule has 10 heteroatoms. The Kier molecular flexibility index (Phi) is 8.41. The van der Waals surface area contributed by atoms with Crippen LogP contribution in [0.1, 0.15) is 12.5 Å². The van der Waals surface area contributed by atoms with Gasteiger partial charge in [-0.1, -0.05) is 30.3 Å². The number of rotatable bonds is 8. The first-order valence-electron chi connectivity index (χ1n) is 7.65. The molecule has 1 rings (SSSR count). The van der Waals surface area contributed by atoms with Crippen molar-refractivity contribution in [1.82, 2.24) is 16.0 Å². The van der Waals surface area contributed by atoms with Crippen LogP contribution in [0, 0.1) is 0 Å². The highest BCUT2D eigenvalue weighted by Gasteiger charge is 2.22. The fraction of sp³-hybridized carbons (Fsp3) is 0.375. The van der Waals surface area contributed by atoms with Gasteiger partial charge in [0.15, 0.2) is 0 Å². The maximum absolute atomic E-state index is 11.7. The normalized spacial score (nSPS) is 12.2. The summed E-state index contributed by atoms with van der Waals surface area (Å²) in [5.41, 5.74) is 0.740. The molecule has 1 aromatic rings. The third-order valence-corrected chi connectivity index (χ3v) is 3.17. The van der Waals surface area contributed by atoms with Crippen LogP contribution >= 0.6 is 0 Å². The van der Waals surface area contributed by atoms with E-state index < -0.39 is 42.7 Å². The highest BCUT2D eigenvalue weighted by atomic mass is 16.5. The first-order chi connectivity index (χ1) is 12.3. The van der Waals surface area contributed by atoms with Crippen molar-refractivity contribution < 1.29 is 33.8 Å². The minimum Gasteiger partial charge on any atom is -0.480 e. The molecule has 1 aromatic carbocycles. The lowest BCUT2D eigenvalue weighted by atomic mass is 10.2. The number of urea groups is 1. The lowest BCUT2D eigenvalue weighted by Gasteiger charge is -2.17. The molecule has 142 valence electrons. The molecule has 0 fully saturated rings. The van der Waals surface area contributed by atoms with Crippen LogP contribution < -0.4 is 16.0 Å². The first-order valence-corrected chi connectivity index (χ1v) is 7.65. The summed E-state index contributed by atoms with van der Waals surface area (Å²) < 4.78 is 9.37. The number of carboxylic acid groups (broad SMARTS) is 1. The highest BCUT2D eigenvalue weighted by molar-refractivity contribution is 5.84. The molecular formula is C16H21N3O7. The molecule has 0 bridgehead atoms. The summed E-state index contributed by atoms with van der Waals surface area (Å²) in [6.45, 7) is 0.971. The number of nitrogens with one attached hydrogen (secondary N) is 3. The summed E-state index contributed by atoms with van der Waals surface area (Å²) in [4.78, 5) is 45.7. The average molecular weight is 367 g/mol. The minimum absolute atomic E-state index is 0.0242. The number of carbonyl (C=O) groups is 4. The average Bonchev–Trinajstić information content (AvgIpc) is 2.63. The number of aliphatic carboxylic acids is 1. The number of carbonyl (C=O) groups excluding carboxylic acids is 3. The lowest BCUT2D eigenvalue weighted by Crippen LogP contribution is -2.52. The van der Waals surface area contributed by atoms with Gasteiger partial charge in [0, 0.05) is 0 Å². The van der Waals surface area contributed by atoms with Crippen molar-refractivity contribution in [3.8, 4) is 0 Å². The van der Waals surface area contributed by atoms with E-state index in [9.17, 15) is 19.2 Å². The van der Waals surface area contributed by atoms with Gasteiger partial charge in [-0.3, -0.25) is 0 Å². The molecule has 0 saturated carbocycles. The Morgan fingerprint density at radius 3 is 2.35 bits per heavy atom. The summed E-state index contributed by atoms with van der Waals surface area (Å²) in [6, 6.07) is 5.75. The topological polar surface area (TPSA) is 143 Å². The quantitative estimate of drug-likeness (QED) is 0.482. The van der Waals surface area contributed by atoms with Gasteiger partial charge in [0.1, 0.15) is 18.7 Å². The van der Waals surface area contributed by atoms with Gasteiger partial charge in [0.25, 0.3) is 0 Å². The predicted octanol–water partition coefficient (Wildman–Crippen LogP) is 0.227. The van der Waals surface area contributed by atoms with Gasteiger partial charge in [0.2, 0.25) is 0 Å². The standard InChI is InChI=1S/C16H21N3O7/c1-10(14(22)25-2)18-15(23)17-8-12(13(20)21)19-16(24)26-9-11-6-4-3-5-7-11/h3-7,10,12H,8-9H2,1-2H3,(H,19,24)(H,20,21)(H2,17,18,23)/t10-,12-/m0/s1. The molecule has 0 saturated heterocycles. The largest absolute Gasteiger partial charge is 0.480 e. The molecule has 0 heterocycles. The Morgan fingerprint density at radius 2 is 1.77 bits per heavy atom. The van der Waals surface area contributed by atoms with E-state index >= 15 is 0 Å². The van der Waals surface area contributed by atoms with Gasteiger partial charge in [-0.25, -0.2) is 19.2 Å². The third kappa shape index (κ3) is 7.51. The van der Waals surface area contributed by atoms with Crippen molar-refractivity contribution in [2.45, 2.75) is 25.6 Å². The van der Waals surface area contributed by atoms with E-state index in [1.807, 2.05) is 6.07 Å². The second-order valence-corrected chi connectivity index (χ2v) is 5.20. The fourth-order valence-electron chi connectivity index (χ4n) is 1.79. The van der Waals surface area contributed by atoms with Gasteiger partial charge >= 0.3 is 24.1 Å². The van der Waals surface area contributed by atoms with Crippen LogP contribution in [0.3, 0.4) is 0 Å². The van der Waals surface area contributed by atoms with Crippen molar-refractivity contribution in [2.24, 2.45) is 0 Å². The number of carboxylic acids is 1. The van der Waals surface area contributed by atoms with Crippen LogP contribution in [0.4, 0.5) is 9.59 Å². The fourth-order valence-corrected chi connectivity index (χ4v) is 1.79. The molecule has 10 nitrogen and oxygen atoms in total. The molecule has 0 aliphatic heterocycles. The van der Waals surface area contributed by atoms with Gasteiger partial charge in [-0.05, 0) is 12.5 Å². The molecule has 2 atom stereocenters. The number of benzene rings is 1. The maximum Gasteiger partial charge on any atom is 0.408 e. The van der Waals surface area contributed by atoms with Gasteiger partial charge in [-0.15, -0.1) is 0 Å². The molecule has 26 heavy (non-hydrogen) atoms. The number of alkyl carbamates (subject to hydrolysis) is 1. The minimum atomic E-state index is -1.41. The van der Waals surface area contributed by atoms with Gasteiger partial charge in [0.05, 0.1) is 13.7 Å². The summed E-state index contributed by atoms with van der Waals surface area (Å²) in [7, 11) is 1.17. The van der Waals surface area contributed by atoms with E-state index in [2.05, 4.69) is 20.7 Å². The monoisotopic (exact) mass is 367 g/mol. The van der Waals surface area contributed by atoms with Crippen molar-refractivity contribution in [2.75, 3.05) is 13.7 Å². The number of amides is 3. The molecular weight excluding hydrogens is 346 g/mol. The van der Waals surface area contributed by atoms with E-state index in [4.69, 9.17) is 9.84 Å². The Bertz CT molecular complexity index is 636.